The molecule has 0 saturated carbocycles. The highest BCUT2D eigenvalue weighted by Crippen LogP contribution is 2.34. The Morgan fingerprint density at radius 3 is 2.53 bits per heavy atom. The minimum atomic E-state index is -0.232. The van der Waals surface area contributed by atoms with E-state index in [9.17, 15) is 9.59 Å². The maximum Gasteiger partial charge on any atom is 0.238 e. The zero-order chi connectivity index (χ0) is 21.5. The van der Waals surface area contributed by atoms with Gasteiger partial charge >= 0.3 is 0 Å². The number of nitrogens with zero attached hydrogens (tertiary/aromatic N) is 1. The van der Waals surface area contributed by atoms with E-state index in [1.54, 1.807) is 30.2 Å². The lowest BCUT2D eigenvalue weighted by Gasteiger charge is -2.21. The third kappa shape index (κ3) is 5.71. The second-order valence-electron chi connectivity index (χ2n) is 7.12. The predicted molar refractivity (Wildman–Crippen MR) is 114 cm³/mol. The first-order valence-electron chi connectivity index (χ1n) is 9.73. The monoisotopic (exact) mass is 413 g/mol. The van der Waals surface area contributed by atoms with Gasteiger partial charge < -0.3 is 24.8 Å². The molecule has 0 aromatic heterocycles. The van der Waals surface area contributed by atoms with E-state index < -0.39 is 0 Å². The van der Waals surface area contributed by atoms with Crippen molar-refractivity contribution in [2.75, 3.05) is 50.8 Å². The fourth-order valence-electron chi connectivity index (χ4n) is 3.09. The van der Waals surface area contributed by atoms with Crippen molar-refractivity contribution in [2.24, 2.45) is 0 Å². The summed E-state index contributed by atoms with van der Waals surface area (Å²) < 4.78 is 15.7. The van der Waals surface area contributed by atoms with Crippen molar-refractivity contribution in [3.63, 3.8) is 0 Å². The summed E-state index contributed by atoms with van der Waals surface area (Å²) in [5.74, 6) is 0.829. The van der Waals surface area contributed by atoms with Crippen molar-refractivity contribution in [1.29, 1.82) is 0 Å². The summed E-state index contributed by atoms with van der Waals surface area (Å²) in [4.78, 5) is 26.8. The van der Waals surface area contributed by atoms with Gasteiger partial charge in [0.1, 0.15) is 0 Å². The smallest absolute Gasteiger partial charge is 0.238 e. The number of rotatable bonds is 9. The molecule has 0 aliphatic carbocycles. The third-order valence-electron chi connectivity index (χ3n) is 4.88. The molecule has 3 rings (SSSR count). The Labute approximate surface area is 176 Å². The molecule has 8 nitrogen and oxygen atoms in total. The van der Waals surface area contributed by atoms with E-state index in [2.05, 4.69) is 10.6 Å². The van der Waals surface area contributed by atoms with E-state index in [1.165, 1.54) is 0 Å². The van der Waals surface area contributed by atoms with Crippen LogP contribution in [-0.4, -0.2) is 56.9 Å². The van der Waals surface area contributed by atoms with Crippen LogP contribution in [0, 0.1) is 13.8 Å². The summed E-state index contributed by atoms with van der Waals surface area (Å²) in [6.45, 7) is 5.12. The minimum absolute atomic E-state index is 0.0536. The highest BCUT2D eigenvalue weighted by atomic mass is 16.7. The molecule has 2 aromatic carbocycles. The van der Waals surface area contributed by atoms with Crippen molar-refractivity contribution in [1.82, 2.24) is 4.90 Å². The minimum Gasteiger partial charge on any atom is -0.454 e. The topological polar surface area (TPSA) is 89.1 Å². The fraction of sp³-hybridized carbons (Fsp3) is 0.364. The fourth-order valence-corrected chi connectivity index (χ4v) is 3.09. The molecule has 0 unspecified atom stereocenters. The van der Waals surface area contributed by atoms with E-state index >= 15 is 0 Å². The van der Waals surface area contributed by atoms with Crippen LogP contribution in [0.15, 0.2) is 36.4 Å². The van der Waals surface area contributed by atoms with Crippen LogP contribution in [0.25, 0.3) is 0 Å². The third-order valence-corrected chi connectivity index (χ3v) is 4.88. The van der Waals surface area contributed by atoms with E-state index in [1.807, 2.05) is 32.0 Å². The van der Waals surface area contributed by atoms with Gasteiger partial charge in [-0.2, -0.15) is 0 Å². The van der Waals surface area contributed by atoms with Gasteiger partial charge in [-0.15, -0.1) is 0 Å². The summed E-state index contributed by atoms with van der Waals surface area (Å²) in [5.41, 5.74) is 3.51. The second-order valence-corrected chi connectivity index (χ2v) is 7.12. The highest BCUT2D eigenvalue weighted by Gasteiger charge is 2.17. The zero-order valence-electron chi connectivity index (χ0n) is 17.5. The van der Waals surface area contributed by atoms with Crippen LogP contribution < -0.4 is 20.1 Å². The molecule has 0 radical (unpaired) electrons. The molecule has 1 aliphatic rings. The van der Waals surface area contributed by atoms with Gasteiger partial charge in [-0.1, -0.05) is 12.1 Å². The Bertz CT molecular complexity index is 916. The molecular weight excluding hydrogens is 386 g/mol. The summed E-state index contributed by atoms with van der Waals surface area (Å²) in [5, 5.41) is 5.75. The first-order chi connectivity index (χ1) is 14.5. The molecule has 0 atom stereocenters. The number of carbonyl (C=O) groups is 2. The van der Waals surface area contributed by atoms with Crippen molar-refractivity contribution < 1.29 is 23.8 Å². The summed E-state index contributed by atoms with van der Waals surface area (Å²) in [7, 11) is 1.58. The number of hydrogen-bond acceptors (Lipinski definition) is 6. The van der Waals surface area contributed by atoms with Crippen LogP contribution >= 0.6 is 0 Å². The van der Waals surface area contributed by atoms with Crippen molar-refractivity contribution in [3.05, 3.63) is 47.5 Å². The van der Waals surface area contributed by atoms with Gasteiger partial charge in [-0.25, -0.2) is 0 Å². The molecule has 160 valence electrons. The van der Waals surface area contributed by atoms with Crippen molar-refractivity contribution in [3.8, 4) is 11.5 Å². The van der Waals surface area contributed by atoms with Gasteiger partial charge in [0, 0.05) is 31.1 Å². The Balaban J connectivity index is 1.58. The number of amides is 2. The van der Waals surface area contributed by atoms with E-state index in [0.29, 0.717) is 30.3 Å². The van der Waals surface area contributed by atoms with Gasteiger partial charge in [0.2, 0.25) is 18.6 Å². The van der Waals surface area contributed by atoms with Gasteiger partial charge in [0.15, 0.2) is 11.5 Å². The summed E-state index contributed by atoms with van der Waals surface area (Å²) >= 11 is 0. The Hall–Kier alpha value is -3.10. The average molecular weight is 413 g/mol. The molecular formula is C22H27N3O5. The highest BCUT2D eigenvalue weighted by molar-refractivity contribution is 5.95. The number of aryl methyl sites for hydroxylation is 1. The Morgan fingerprint density at radius 2 is 1.77 bits per heavy atom. The molecule has 30 heavy (non-hydrogen) atoms. The summed E-state index contributed by atoms with van der Waals surface area (Å²) in [6.07, 6.45) is 0. The number of ether oxygens (including phenoxy) is 3. The molecule has 0 spiro atoms. The quantitative estimate of drug-likeness (QED) is 0.657. The number of hydrogen-bond donors (Lipinski definition) is 2. The largest absolute Gasteiger partial charge is 0.454 e. The molecule has 0 saturated heterocycles. The first kappa shape index (κ1) is 21.6. The number of methoxy groups -OCH3 is 1. The Kier molecular flexibility index (Phi) is 7.26. The maximum absolute atomic E-state index is 12.6. The predicted octanol–water partition coefficient (Wildman–Crippen LogP) is 2.56. The number of anilines is 2. The zero-order valence-corrected chi connectivity index (χ0v) is 17.5. The summed E-state index contributed by atoms with van der Waals surface area (Å²) in [6, 6.07) is 11.0. The average Bonchev–Trinajstić information content (AvgIpc) is 3.17. The molecule has 2 aromatic rings. The molecule has 2 N–H and O–H groups in total. The number of fused-ring (bicyclic) bond motifs is 1. The van der Waals surface area contributed by atoms with Crippen LogP contribution in [-0.2, 0) is 14.3 Å². The van der Waals surface area contributed by atoms with Crippen LogP contribution in [0.3, 0.4) is 0 Å². The number of carbonyl (C=O) groups excluding carboxylic acids is 2. The van der Waals surface area contributed by atoms with Crippen LogP contribution in [0.4, 0.5) is 11.4 Å². The van der Waals surface area contributed by atoms with Gasteiger partial charge in [-0.05, 0) is 43.2 Å². The van der Waals surface area contributed by atoms with Gasteiger partial charge in [0.25, 0.3) is 0 Å². The van der Waals surface area contributed by atoms with E-state index in [0.717, 1.165) is 16.8 Å². The number of benzene rings is 2. The molecule has 0 fully saturated rings. The normalized spacial score (nSPS) is 12.1. The first-order valence-corrected chi connectivity index (χ1v) is 9.73. The second kappa shape index (κ2) is 10.1. The lowest BCUT2D eigenvalue weighted by molar-refractivity contribution is -0.120. The van der Waals surface area contributed by atoms with Gasteiger partial charge in [0.05, 0.1) is 19.7 Å². The van der Waals surface area contributed by atoms with Crippen LogP contribution in [0.5, 0.6) is 11.5 Å². The molecule has 2 amide bonds. The number of nitrogens with one attached hydrogen (secondary N) is 2. The maximum atomic E-state index is 12.6. The molecule has 1 heterocycles. The lowest BCUT2D eigenvalue weighted by Crippen LogP contribution is -2.40. The van der Waals surface area contributed by atoms with Gasteiger partial charge in [-0.3, -0.25) is 14.5 Å². The molecule has 0 bridgehead atoms. The lowest BCUT2D eigenvalue weighted by atomic mass is 10.1. The van der Waals surface area contributed by atoms with E-state index in [-0.39, 0.29) is 31.7 Å². The van der Waals surface area contributed by atoms with E-state index in [4.69, 9.17) is 14.2 Å². The SMILES string of the molecule is COCCN(CC(=O)Nc1ccc2c(c1)OCO2)CC(=O)Nc1cccc(C)c1C. The standard InChI is InChI=1S/C22H27N3O5/c1-15-5-4-6-18(16(15)2)24-22(27)13-25(9-10-28-3)12-21(26)23-17-7-8-19-20(11-17)30-14-29-19/h4-8,11H,9-10,12-14H2,1-3H3,(H,23,26)(H,24,27). The molecule has 1 aliphatic heterocycles. The Morgan fingerprint density at radius 1 is 1.03 bits per heavy atom. The van der Waals surface area contributed by atoms with Crippen molar-refractivity contribution in [2.45, 2.75) is 13.8 Å². The molecule has 8 heteroatoms. The van der Waals surface area contributed by atoms with Crippen LogP contribution in [0.2, 0.25) is 0 Å². The van der Waals surface area contributed by atoms with Crippen LogP contribution in [0.1, 0.15) is 11.1 Å². The van der Waals surface area contributed by atoms with Crippen molar-refractivity contribution >= 4 is 23.2 Å².